The van der Waals surface area contributed by atoms with Crippen LogP contribution in [0.25, 0.3) is 0 Å². The summed E-state index contributed by atoms with van der Waals surface area (Å²) in [5.74, 6) is 0.400. The number of nitrogens with zero attached hydrogens (tertiary/aromatic N) is 1. The van der Waals surface area contributed by atoms with E-state index in [1.165, 1.54) is 12.1 Å². The Bertz CT molecular complexity index is 696. The molecule has 2 aliphatic rings. The lowest BCUT2D eigenvalue weighted by Crippen LogP contribution is -2.34. The van der Waals surface area contributed by atoms with Gasteiger partial charge in [-0.25, -0.2) is 4.79 Å². The number of hydrogen-bond acceptors (Lipinski definition) is 6. The Hall–Kier alpha value is -1.64. The maximum absolute atomic E-state index is 12.2. The Kier molecular flexibility index (Phi) is 5.61. The zero-order valence-electron chi connectivity index (χ0n) is 14.2. The van der Waals surface area contributed by atoms with Crippen LogP contribution in [0, 0.1) is 12.8 Å². The zero-order chi connectivity index (χ0) is 17.9. The van der Waals surface area contributed by atoms with Crippen LogP contribution < -0.4 is 0 Å². The Morgan fingerprint density at radius 2 is 1.88 bits per heavy atom. The van der Waals surface area contributed by atoms with E-state index in [0.29, 0.717) is 19.0 Å². The van der Waals surface area contributed by atoms with Crippen LogP contribution in [0.4, 0.5) is 4.79 Å². The van der Waals surface area contributed by atoms with E-state index in [-0.39, 0.29) is 11.5 Å². The van der Waals surface area contributed by atoms with E-state index >= 15 is 0 Å². The highest BCUT2D eigenvalue weighted by Gasteiger charge is 2.34. The fraction of sp³-hybridized carbons (Fsp3) is 0.588. The van der Waals surface area contributed by atoms with Crippen LogP contribution >= 0.6 is 0 Å². The largest absolute Gasteiger partial charge is 0.442 e. The van der Waals surface area contributed by atoms with Gasteiger partial charge in [-0.15, -0.1) is 0 Å². The first-order valence-corrected chi connectivity index (χ1v) is 9.84. The van der Waals surface area contributed by atoms with Gasteiger partial charge in [-0.3, -0.25) is 4.18 Å². The summed E-state index contributed by atoms with van der Waals surface area (Å²) >= 11 is 0. The van der Waals surface area contributed by atoms with E-state index in [1.807, 2.05) is 6.92 Å². The van der Waals surface area contributed by atoms with E-state index in [0.717, 1.165) is 31.6 Å². The minimum atomic E-state index is -3.85. The average Bonchev–Trinajstić information content (AvgIpc) is 2.94. The molecule has 2 heterocycles. The normalized spacial score (nSPS) is 22.2. The van der Waals surface area contributed by atoms with Gasteiger partial charge in [-0.1, -0.05) is 17.7 Å². The SMILES string of the molecule is Cc1ccc(S(=O)(=O)OCC2CN(CC3CCOCC3)C(=O)O2)cc1. The monoisotopic (exact) mass is 369 g/mol. The third-order valence-electron chi connectivity index (χ3n) is 4.49. The predicted molar refractivity (Wildman–Crippen MR) is 89.7 cm³/mol. The molecule has 3 rings (SSSR count). The number of rotatable bonds is 6. The number of ether oxygens (including phenoxy) is 2. The van der Waals surface area contributed by atoms with Gasteiger partial charge in [0.15, 0.2) is 0 Å². The van der Waals surface area contributed by atoms with Crippen molar-refractivity contribution < 1.29 is 26.9 Å². The first kappa shape index (κ1) is 18.2. The number of aryl methyl sites for hydroxylation is 1. The van der Waals surface area contributed by atoms with Gasteiger partial charge in [0, 0.05) is 19.8 Å². The van der Waals surface area contributed by atoms with Crippen LogP contribution in [0.3, 0.4) is 0 Å². The zero-order valence-corrected chi connectivity index (χ0v) is 15.0. The highest BCUT2D eigenvalue weighted by atomic mass is 32.2. The first-order chi connectivity index (χ1) is 11.9. The third kappa shape index (κ3) is 4.71. The van der Waals surface area contributed by atoms with Crippen molar-refractivity contribution in [2.45, 2.75) is 30.8 Å². The summed E-state index contributed by atoms with van der Waals surface area (Å²) in [5, 5.41) is 0. The molecule has 138 valence electrons. The molecule has 8 heteroatoms. The molecule has 2 fully saturated rings. The summed E-state index contributed by atoms with van der Waals surface area (Å²) in [5.41, 5.74) is 0.965. The maximum atomic E-state index is 12.2. The second-order valence-corrected chi connectivity index (χ2v) is 8.13. The smallest absolute Gasteiger partial charge is 0.410 e. The third-order valence-corrected chi connectivity index (χ3v) is 5.78. The van der Waals surface area contributed by atoms with Gasteiger partial charge in [0.05, 0.1) is 11.4 Å². The van der Waals surface area contributed by atoms with Crippen LogP contribution in [0.5, 0.6) is 0 Å². The molecule has 0 spiro atoms. The van der Waals surface area contributed by atoms with E-state index in [1.54, 1.807) is 17.0 Å². The van der Waals surface area contributed by atoms with E-state index < -0.39 is 22.3 Å². The summed E-state index contributed by atoms with van der Waals surface area (Å²) in [6, 6.07) is 6.43. The quantitative estimate of drug-likeness (QED) is 0.713. The maximum Gasteiger partial charge on any atom is 0.410 e. The van der Waals surface area contributed by atoms with Crippen LogP contribution in [-0.4, -0.2) is 58.4 Å². The Morgan fingerprint density at radius 1 is 1.20 bits per heavy atom. The lowest BCUT2D eigenvalue weighted by molar-refractivity contribution is 0.0571. The van der Waals surface area contributed by atoms with Crippen molar-refractivity contribution in [1.82, 2.24) is 4.90 Å². The number of hydrogen-bond donors (Lipinski definition) is 0. The first-order valence-electron chi connectivity index (χ1n) is 8.43. The molecule has 1 amide bonds. The van der Waals surface area contributed by atoms with Crippen LogP contribution in [-0.2, 0) is 23.8 Å². The number of amides is 1. The molecular weight excluding hydrogens is 346 g/mol. The summed E-state index contributed by atoms with van der Waals surface area (Å²) in [7, 11) is -3.85. The van der Waals surface area contributed by atoms with E-state index in [4.69, 9.17) is 13.7 Å². The molecule has 0 aromatic heterocycles. The summed E-state index contributed by atoms with van der Waals surface area (Å²) in [4.78, 5) is 13.7. The number of carbonyl (C=O) groups excluding carboxylic acids is 1. The molecule has 0 bridgehead atoms. The summed E-state index contributed by atoms with van der Waals surface area (Å²) in [6.07, 6.45) is 0.861. The molecule has 1 aromatic rings. The molecule has 1 atom stereocenters. The molecule has 25 heavy (non-hydrogen) atoms. The number of benzene rings is 1. The van der Waals surface area contributed by atoms with Gasteiger partial charge >= 0.3 is 6.09 Å². The predicted octanol–water partition coefficient (Wildman–Crippen LogP) is 1.95. The average molecular weight is 369 g/mol. The van der Waals surface area contributed by atoms with Gasteiger partial charge in [0.2, 0.25) is 0 Å². The Labute approximate surface area is 148 Å². The minimum absolute atomic E-state index is 0.0986. The van der Waals surface area contributed by atoms with Crippen molar-refractivity contribution in [3.63, 3.8) is 0 Å². The lowest BCUT2D eigenvalue weighted by atomic mass is 10.00. The highest BCUT2D eigenvalue weighted by molar-refractivity contribution is 7.86. The van der Waals surface area contributed by atoms with Crippen LogP contribution in [0.2, 0.25) is 0 Å². The van der Waals surface area contributed by atoms with Gasteiger partial charge in [-0.2, -0.15) is 8.42 Å². The summed E-state index contributed by atoms with van der Waals surface area (Å²) in [6.45, 7) is 4.10. The van der Waals surface area contributed by atoms with Gasteiger partial charge < -0.3 is 14.4 Å². The van der Waals surface area contributed by atoms with Crippen molar-refractivity contribution in [1.29, 1.82) is 0 Å². The molecule has 0 aliphatic carbocycles. The van der Waals surface area contributed by atoms with Gasteiger partial charge in [-0.05, 0) is 37.8 Å². The number of cyclic esters (lactones) is 1. The molecular formula is C17H23NO6S. The highest BCUT2D eigenvalue weighted by Crippen LogP contribution is 2.21. The topological polar surface area (TPSA) is 82.1 Å². The van der Waals surface area contributed by atoms with E-state index in [2.05, 4.69) is 0 Å². The lowest BCUT2D eigenvalue weighted by Gasteiger charge is -2.25. The van der Waals surface area contributed by atoms with Gasteiger partial charge in [0.1, 0.15) is 12.7 Å². The molecule has 0 saturated carbocycles. The molecule has 2 aliphatic heterocycles. The van der Waals surface area contributed by atoms with Crippen LogP contribution in [0.1, 0.15) is 18.4 Å². The molecule has 0 radical (unpaired) electrons. The van der Waals surface area contributed by atoms with E-state index in [9.17, 15) is 13.2 Å². The standard InChI is InChI=1S/C17H23NO6S/c1-13-2-4-16(5-3-13)25(20,21)23-12-15-11-18(17(19)24-15)10-14-6-8-22-9-7-14/h2-5,14-15H,6-12H2,1H3. The summed E-state index contributed by atoms with van der Waals surface area (Å²) < 4.78 is 40.0. The van der Waals surface area contributed by atoms with Crippen LogP contribution in [0.15, 0.2) is 29.2 Å². The second kappa shape index (κ2) is 7.72. The minimum Gasteiger partial charge on any atom is -0.442 e. The van der Waals surface area contributed by atoms with Crippen molar-refractivity contribution in [2.75, 3.05) is 32.9 Å². The molecule has 2 saturated heterocycles. The van der Waals surface area contributed by atoms with Crippen molar-refractivity contribution >= 4 is 16.2 Å². The molecule has 1 unspecified atom stereocenters. The Morgan fingerprint density at radius 3 is 2.56 bits per heavy atom. The van der Waals surface area contributed by atoms with Gasteiger partial charge in [0.25, 0.3) is 10.1 Å². The van der Waals surface area contributed by atoms with Crippen molar-refractivity contribution in [3.05, 3.63) is 29.8 Å². The molecule has 7 nitrogen and oxygen atoms in total. The second-order valence-electron chi connectivity index (χ2n) is 6.52. The number of carbonyl (C=O) groups is 1. The fourth-order valence-corrected chi connectivity index (χ4v) is 3.93. The van der Waals surface area contributed by atoms with Crippen molar-refractivity contribution in [2.24, 2.45) is 5.92 Å². The van der Waals surface area contributed by atoms with Crippen molar-refractivity contribution in [3.8, 4) is 0 Å². The Balaban J connectivity index is 1.51. The fourth-order valence-electron chi connectivity index (χ4n) is 2.99. The molecule has 0 N–H and O–H groups in total. The molecule has 1 aromatic carbocycles.